The lowest BCUT2D eigenvalue weighted by Crippen LogP contribution is -2.41. The van der Waals surface area contributed by atoms with Crippen LogP contribution in [0, 0.1) is 5.82 Å². The van der Waals surface area contributed by atoms with Gasteiger partial charge in [0.05, 0.1) is 5.39 Å². The van der Waals surface area contributed by atoms with Gasteiger partial charge in [-0.25, -0.2) is 19.2 Å². The van der Waals surface area contributed by atoms with Crippen LogP contribution in [-0.4, -0.2) is 35.1 Å². The molecule has 0 saturated carbocycles. The summed E-state index contributed by atoms with van der Waals surface area (Å²) < 4.78 is 18.7. The third-order valence-electron chi connectivity index (χ3n) is 3.62. The SMILES string of the molecule is CCCNC(=O)NC(=O)COc1ncnc2scc(-c3ccc(F)cc3)c12. The van der Waals surface area contributed by atoms with Crippen molar-refractivity contribution in [3.8, 4) is 17.0 Å². The maximum Gasteiger partial charge on any atom is 0.321 e. The number of carbonyl (C=O) groups excluding carboxylic acids is 2. The summed E-state index contributed by atoms with van der Waals surface area (Å²) in [6.07, 6.45) is 2.11. The van der Waals surface area contributed by atoms with Crippen molar-refractivity contribution in [3.63, 3.8) is 0 Å². The molecule has 0 bridgehead atoms. The van der Waals surface area contributed by atoms with Crippen LogP contribution in [0.15, 0.2) is 36.0 Å². The Hall–Kier alpha value is -3.07. The summed E-state index contributed by atoms with van der Waals surface area (Å²) in [5.41, 5.74) is 1.57. The molecule has 2 aromatic heterocycles. The lowest BCUT2D eigenvalue weighted by atomic mass is 10.1. The number of nitrogens with one attached hydrogen (secondary N) is 2. The number of rotatable bonds is 6. The number of fused-ring (bicyclic) bond motifs is 1. The average Bonchev–Trinajstić information content (AvgIpc) is 3.10. The summed E-state index contributed by atoms with van der Waals surface area (Å²) in [7, 11) is 0. The van der Waals surface area contributed by atoms with Crippen molar-refractivity contribution in [1.29, 1.82) is 0 Å². The van der Waals surface area contributed by atoms with E-state index in [9.17, 15) is 14.0 Å². The highest BCUT2D eigenvalue weighted by Crippen LogP contribution is 2.37. The topological polar surface area (TPSA) is 93.2 Å². The van der Waals surface area contributed by atoms with Crippen LogP contribution in [0.1, 0.15) is 13.3 Å². The van der Waals surface area contributed by atoms with E-state index in [2.05, 4.69) is 20.6 Å². The number of halogens is 1. The monoisotopic (exact) mass is 388 g/mol. The highest BCUT2D eigenvalue weighted by molar-refractivity contribution is 7.17. The second kappa shape index (κ2) is 8.54. The molecule has 0 saturated heterocycles. The van der Waals surface area contributed by atoms with E-state index in [1.165, 1.54) is 29.8 Å². The van der Waals surface area contributed by atoms with Crippen LogP contribution >= 0.6 is 11.3 Å². The Morgan fingerprint density at radius 1 is 1.22 bits per heavy atom. The van der Waals surface area contributed by atoms with Crippen molar-refractivity contribution in [1.82, 2.24) is 20.6 Å². The minimum absolute atomic E-state index is 0.227. The molecule has 27 heavy (non-hydrogen) atoms. The number of hydrogen-bond acceptors (Lipinski definition) is 6. The molecule has 1 aromatic carbocycles. The second-order valence-corrected chi connectivity index (χ2v) is 6.47. The van der Waals surface area contributed by atoms with E-state index in [0.717, 1.165) is 17.5 Å². The normalized spacial score (nSPS) is 10.6. The van der Waals surface area contributed by atoms with E-state index in [0.29, 0.717) is 16.8 Å². The Morgan fingerprint density at radius 3 is 2.74 bits per heavy atom. The van der Waals surface area contributed by atoms with E-state index < -0.39 is 11.9 Å². The van der Waals surface area contributed by atoms with Crippen LogP contribution in [0.4, 0.5) is 9.18 Å². The molecule has 7 nitrogen and oxygen atoms in total. The van der Waals surface area contributed by atoms with Crippen molar-refractivity contribution in [3.05, 3.63) is 41.8 Å². The fraction of sp³-hybridized carbons (Fsp3) is 0.222. The number of hydrogen-bond donors (Lipinski definition) is 2. The quantitative estimate of drug-likeness (QED) is 0.677. The Bertz CT molecular complexity index is 959. The molecule has 3 aromatic rings. The minimum atomic E-state index is -0.589. The standard InChI is InChI=1S/C18H17FN4O3S/c1-2-7-20-18(25)23-14(24)8-26-16-15-13(9-27-17(15)22-10-21-16)11-3-5-12(19)6-4-11/h3-6,9-10H,2,7-8H2,1H3,(H2,20,23,24,25). The minimum Gasteiger partial charge on any atom is -0.467 e. The highest BCUT2D eigenvalue weighted by Gasteiger charge is 2.16. The maximum atomic E-state index is 13.2. The molecule has 0 unspecified atom stereocenters. The molecule has 3 amide bonds. The molecule has 0 aliphatic heterocycles. The van der Waals surface area contributed by atoms with Crippen molar-refractivity contribution < 1.29 is 18.7 Å². The van der Waals surface area contributed by atoms with Gasteiger partial charge in [-0.2, -0.15) is 0 Å². The summed E-state index contributed by atoms with van der Waals surface area (Å²) in [4.78, 5) is 32.4. The van der Waals surface area contributed by atoms with Crippen LogP contribution in [0.25, 0.3) is 21.3 Å². The first-order valence-corrected chi connectivity index (χ1v) is 9.15. The number of thiophene rings is 1. The lowest BCUT2D eigenvalue weighted by molar-refractivity contribution is -0.122. The van der Waals surface area contributed by atoms with Gasteiger partial charge in [0.2, 0.25) is 5.88 Å². The van der Waals surface area contributed by atoms with Gasteiger partial charge in [-0.1, -0.05) is 19.1 Å². The number of amides is 3. The number of nitrogens with zero attached hydrogens (tertiary/aromatic N) is 2. The van der Waals surface area contributed by atoms with E-state index in [-0.39, 0.29) is 18.3 Å². The fourth-order valence-corrected chi connectivity index (χ4v) is 3.28. The summed E-state index contributed by atoms with van der Waals surface area (Å²) in [6, 6.07) is 5.47. The van der Waals surface area contributed by atoms with Gasteiger partial charge < -0.3 is 10.1 Å². The molecule has 0 fully saturated rings. The summed E-state index contributed by atoms with van der Waals surface area (Å²) >= 11 is 1.39. The molecule has 0 spiro atoms. The van der Waals surface area contributed by atoms with Crippen molar-refractivity contribution >= 4 is 33.5 Å². The Balaban J connectivity index is 1.77. The van der Waals surface area contributed by atoms with Gasteiger partial charge in [0, 0.05) is 17.5 Å². The van der Waals surface area contributed by atoms with Gasteiger partial charge in [0.25, 0.3) is 5.91 Å². The van der Waals surface area contributed by atoms with Crippen LogP contribution in [-0.2, 0) is 4.79 Å². The van der Waals surface area contributed by atoms with Crippen molar-refractivity contribution in [2.45, 2.75) is 13.3 Å². The van der Waals surface area contributed by atoms with E-state index in [1.807, 2.05) is 12.3 Å². The van der Waals surface area contributed by atoms with Crippen LogP contribution in [0.3, 0.4) is 0 Å². The fourth-order valence-electron chi connectivity index (χ4n) is 2.38. The van der Waals surface area contributed by atoms with E-state index >= 15 is 0 Å². The lowest BCUT2D eigenvalue weighted by Gasteiger charge is -2.08. The Labute approximate surface area is 158 Å². The molecule has 2 heterocycles. The molecule has 0 aliphatic carbocycles. The zero-order valence-corrected chi connectivity index (χ0v) is 15.3. The number of imide groups is 1. The highest BCUT2D eigenvalue weighted by atomic mass is 32.1. The zero-order chi connectivity index (χ0) is 19.2. The molecule has 2 N–H and O–H groups in total. The average molecular weight is 388 g/mol. The van der Waals surface area contributed by atoms with Gasteiger partial charge in [-0.3, -0.25) is 10.1 Å². The predicted molar refractivity (Wildman–Crippen MR) is 100 cm³/mol. The van der Waals surface area contributed by atoms with Crippen molar-refractivity contribution in [2.75, 3.05) is 13.2 Å². The molecule has 0 atom stereocenters. The summed E-state index contributed by atoms with van der Waals surface area (Å²) in [5.74, 6) is -0.692. The van der Waals surface area contributed by atoms with Gasteiger partial charge in [0.15, 0.2) is 6.61 Å². The third-order valence-corrected chi connectivity index (χ3v) is 4.51. The molecule has 0 aliphatic rings. The van der Waals surface area contributed by atoms with Crippen LogP contribution in [0.5, 0.6) is 5.88 Å². The predicted octanol–water partition coefficient (Wildman–Crippen LogP) is 3.11. The van der Waals surface area contributed by atoms with Gasteiger partial charge in [-0.15, -0.1) is 11.3 Å². The number of urea groups is 1. The first-order chi connectivity index (χ1) is 13.1. The van der Waals surface area contributed by atoms with Crippen LogP contribution in [0.2, 0.25) is 0 Å². The number of aromatic nitrogens is 2. The van der Waals surface area contributed by atoms with Gasteiger partial charge >= 0.3 is 6.03 Å². The summed E-state index contributed by atoms with van der Waals surface area (Å²) in [6.45, 7) is 2.01. The Morgan fingerprint density at radius 2 is 2.00 bits per heavy atom. The smallest absolute Gasteiger partial charge is 0.321 e. The maximum absolute atomic E-state index is 13.2. The molecule has 3 rings (SSSR count). The molecule has 140 valence electrons. The van der Waals surface area contributed by atoms with Crippen LogP contribution < -0.4 is 15.4 Å². The number of benzene rings is 1. The second-order valence-electron chi connectivity index (χ2n) is 5.61. The Kier molecular flexibility index (Phi) is 5.92. The number of ether oxygens (including phenoxy) is 1. The molecular weight excluding hydrogens is 371 g/mol. The van der Waals surface area contributed by atoms with Crippen molar-refractivity contribution in [2.24, 2.45) is 0 Å². The third kappa shape index (κ3) is 4.56. The summed E-state index contributed by atoms with van der Waals surface area (Å²) in [5, 5.41) is 7.23. The van der Waals surface area contributed by atoms with Gasteiger partial charge in [0.1, 0.15) is 17.0 Å². The first-order valence-electron chi connectivity index (χ1n) is 8.27. The van der Waals surface area contributed by atoms with E-state index in [4.69, 9.17) is 4.74 Å². The van der Waals surface area contributed by atoms with Gasteiger partial charge in [-0.05, 0) is 24.1 Å². The molecule has 0 radical (unpaired) electrons. The first kappa shape index (κ1) is 18.7. The molecular formula is C18H17FN4O3S. The number of carbonyl (C=O) groups is 2. The molecule has 9 heteroatoms. The largest absolute Gasteiger partial charge is 0.467 e. The van der Waals surface area contributed by atoms with E-state index in [1.54, 1.807) is 12.1 Å². The zero-order valence-electron chi connectivity index (χ0n) is 14.5.